The Morgan fingerprint density at radius 2 is 1.84 bits per heavy atom. The average molecular weight is 288 g/mol. The molecule has 0 saturated heterocycles. The van der Waals surface area contributed by atoms with Crippen molar-refractivity contribution >= 4 is 32.4 Å². The molecule has 0 spiro atoms. The van der Waals surface area contributed by atoms with E-state index >= 15 is 0 Å². The molecule has 0 fully saturated rings. The van der Waals surface area contributed by atoms with E-state index in [1.807, 2.05) is 12.1 Å². The summed E-state index contributed by atoms with van der Waals surface area (Å²) in [5.41, 5.74) is 4.63. The monoisotopic (exact) mass is 288 g/mol. The Hall–Kier alpha value is -1.52. The fourth-order valence-corrected chi connectivity index (χ4v) is 3.49. The van der Waals surface area contributed by atoms with Crippen molar-refractivity contribution in [2.75, 3.05) is 6.26 Å². The number of benzene rings is 2. The number of para-hydroxylation sites is 1. The van der Waals surface area contributed by atoms with Crippen LogP contribution in [0.2, 0.25) is 0 Å². The van der Waals surface area contributed by atoms with Gasteiger partial charge in [-0.05, 0) is 18.2 Å². The van der Waals surface area contributed by atoms with E-state index in [1.165, 1.54) is 15.8 Å². The van der Waals surface area contributed by atoms with E-state index in [2.05, 4.69) is 46.5 Å². The van der Waals surface area contributed by atoms with Crippen molar-refractivity contribution in [3.8, 4) is 0 Å². The fraction of sp³-hybridized carbons (Fsp3) is 0.133. The molecule has 0 aliphatic carbocycles. The predicted octanol–water partition coefficient (Wildman–Crippen LogP) is 2.97. The van der Waals surface area contributed by atoms with Gasteiger partial charge in [-0.25, -0.2) is 0 Å². The van der Waals surface area contributed by atoms with Gasteiger partial charge in [0.15, 0.2) is 6.54 Å². The first-order valence-corrected chi connectivity index (χ1v) is 8.46. The van der Waals surface area contributed by atoms with E-state index in [9.17, 15) is 4.21 Å². The molecular formula is C15H14NOS2+. The molecule has 1 atom stereocenters. The van der Waals surface area contributed by atoms with Crippen LogP contribution in [0.5, 0.6) is 0 Å². The van der Waals surface area contributed by atoms with Crippen molar-refractivity contribution in [2.24, 2.45) is 0 Å². The summed E-state index contributed by atoms with van der Waals surface area (Å²) < 4.78 is 14.9. The maximum atomic E-state index is 11.4. The van der Waals surface area contributed by atoms with Crippen molar-refractivity contribution in [2.45, 2.75) is 11.4 Å². The van der Waals surface area contributed by atoms with Gasteiger partial charge in [0.2, 0.25) is 11.0 Å². The van der Waals surface area contributed by atoms with Gasteiger partial charge < -0.3 is 0 Å². The number of hydrogen-bond donors (Lipinski definition) is 0. The maximum absolute atomic E-state index is 11.4. The Bertz CT molecular complexity index is 731. The lowest BCUT2D eigenvalue weighted by atomic mass is 10.2. The van der Waals surface area contributed by atoms with Crippen molar-refractivity contribution in [3.05, 3.63) is 59.6 Å². The van der Waals surface area contributed by atoms with Crippen LogP contribution in [0, 0.1) is 0 Å². The minimum absolute atomic E-state index is 0.848. The summed E-state index contributed by atoms with van der Waals surface area (Å²) in [7, 11) is -0.903. The maximum Gasteiger partial charge on any atom is 0.226 e. The summed E-state index contributed by atoms with van der Waals surface area (Å²) in [4.78, 5) is 0.879. The van der Waals surface area contributed by atoms with Gasteiger partial charge in [0.05, 0.1) is 0 Å². The lowest BCUT2D eigenvalue weighted by molar-refractivity contribution is -0.658. The second-order valence-corrected chi connectivity index (χ2v) is 6.68. The minimum Gasteiger partial charge on any atom is -0.255 e. The van der Waals surface area contributed by atoms with Gasteiger partial charge in [0, 0.05) is 33.6 Å². The van der Waals surface area contributed by atoms with Crippen LogP contribution in [0.4, 0.5) is 0 Å². The first kappa shape index (κ1) is 12.5. The van der Waals surface area contributed by atoms with Crippen molar-refractivity contribution in [1.82, 2.24) is 0 Å². The van der Waals surface area contributed by atoms with Crippen LogP contribution in [0.1, 0.15) is 5.56 Å². The molecule has 1 aromatic heterocycles. The molecule has 0 aliphatic heterocycles. The topological polar surface area (TPSA) is 20.9 Å². The molecule has 0 N–H and O–H groups in total. The Labute approximate surface area is 118 Å². The minimum atomic E-state index is -0.903. The van der Waals surface area contributed by atoms with Gasteiger partial charge in [0.1, 0.15) is 4.70 Å². The molecular weight excluding hydrogens is 274 g/mol. The molecule has 0 aliphatic rings. The second-order valence-electron chi connectivity index (χ2n) is 4.42. The SMILES string of the molecule is CS(=O)c1ccc(C[n+]2csc3ccccc32)cc1. The summed E-state index contributed by atoms with van der Waals surface area (Å²) in [5, 5.41) is 0. The largest absolute Gasteiger partial charge is 0.255 e. The van der Waals surface area contributed by atoms with Gasteiger partial charge >= 0.3 is 0 Å². The highest BCUT2D eigenvalue weighted by Gasteiger charge is 2.11. The number of nitrogens with zero attached hydrogens (tertiary/aromatic N) is 1. The Kier molecular flexibility index (Phi) is 3.44. The lowest BCUT2D eigenvalue weighted by Crippen LogP contribution is -2.31. The first-order chi connectivity index (χ1) is 9.24. The van der Waals surface area contributed by atoms with Crippen LogP contribution in [-0.2, 0) is 17.3 Å². The van der Waals surface area contributed by atoms with E-state index in [4.69, 9.17) is 0 Å². The predicted molar refractivity (Wildman–Crippen MR) is 79.9 cm³/mol. The molecule has 3 rings (SSSR count). The average Bonchev–Trinajstić information content (AvgIpc) is 2.83. The van der Waals surface area contributed by atoms with Gasteiger partial charge in [-0.1, -0.05) is 35.6 Å². The molecule has 4 heteroatoms. The molecule has 0 radical (unpaired) electrons. The van der Waals surface area contributed by atoms with E-state index in [1.54, 1.807) is 17.6 Å². The molecule has 1 heterocycles. The van der Waals surface area contributed by atoms with Gasteiger partial charge in [-0.2, -0.15) is 4.57 Å². The van der Waals surface area contributed by atoms with E-state index in [0.29, 0.717) is 0 Å². The molecule has 96 valence electrons. The van der Waals surface area contributed by atoms with Crippen molar-refractivity contribution in [1.29, 1.82) is 0 Å². The van der Waals surface area contributed by atoms with Gasteiger partial charge in [0.25, 0.3) is 0 Å². The fourth-order valence-electron chi connectivity index (χ4n) is 2.08. The summed E-state index contributed by atoms with van der Waals surface area (Å²) in [6.07, 6.45) is 1.70. The third-order valence-electron chi connectivity index (χ3n) is 3.09. The molecule has 0 amide bonds. The van der Waals surface area contributed by atoms with E-state index in [-0.39, 0.29) is 0 Å². The first-order valence-electron chi connectivity index (χ1n) is 6.02. The molecule has 0 saturated carbocycles. The second kappa shape index (κ2) is 5.23. The smallest absolute Gasteiger partial charge is 0.226 e. The highest BCUT2D eigenvalue weighted by Crippen LogP contribution is 2.16. The molecule has 1 unspecified atom stereocenters. The number of thiazole rings is 1. The lowest BCUT2D eigenvalue weighted by Gasteiger charge is -1.99. The normalized spacial score (nSPS) is 12.7. The Morgan fingerprint density at radius 1 is 1.11 bits per heavy atom. The Balaban J connectivity index is 1.90. The zero-order chi connectivity index (χ0) is 13.2. The van der Waals surface area contributed by atoms with Crippen LogP contribution in [0.3, 0.4) is 0 Å². The Morgan fingerprint density at radius 3 is 2.58 bits per heavy atom. The van der Waals surface area contributed by atoms with Crippen molar-refractivity contribution < 1.29 is 8.78 Å². The van der Waals surface area contributed by atoms with Gasteiger partial charge in [-0.15, -0.1) is 0 Å². The third kappa shape index (κ3) is 2.60. The molecule has 2 aromatic carbocycles. The standard InChI is InChI=1S/C15H14NOS2/c1-19(17)13-8-6-12(7-9-13)10-16-11-18-15-5-3-2-4-14(15)16/h2-9,11H,10H2,1H3/q+1. The quantitative estimate of drug-likeness (QED) is 0.679. The number of rotatable bonds is 3. The molecule has 3 aromatic rings. The van der Waals surface area contributed by atoms with E-state index in [0.717, 1.165) is 11.4 Å². The zero-order valence-corrected chi connectivity index (χ0v) is 12.2. The number of fused-ring (bicyclic) bond motifs is 1. The number of hydrogen-bond acceptors (Lipinski definition) is 2. The molecule has 19 heavy (non-hydrogen) atoms. The molecule has 0 bridgehead atoms. The number of aromatic nitrogens is 1. The van der Waals surface area contributed by atoms with Crippen molar-refractivity contribution in [3.63, 3.8) is 0 Å². The highest BCUT2D eigenvalue weighted by atomic mass is 32.2. The summed E-state index contributed by atoms with van der Waals surface area (Å²) >= 11 is 1.76. The highest BCUT2D eigenvalue weighted by molar-refractivity contribution is 7.84. The van der Waals surface area contributed by atoms with Crippen LogP contribution >= 0.6 is 11.3 Å². The van der Waals surface area contributed by atoms with Crippen LogP contribution in [0.15, 0.2) is 58.9 Å². The third-order valence-corrected chi connectivity index (χ3v) is 4.98. The summed E-state index contributed by atoms with van der Waals surface area (Å²) in [5.74, 6) is 0. The van der Waals surface area contributed by atoms with E-state index < -0.39 is 10.8 Å². The zero-order valence-electron chi connectivity index (χ0n) is 10.6. The molecule has 2 nitrogen and oxygen atoms in total. The summed E-state index contributed by atoms with van der Waals surface area (Å²) in [6, 6.07) is 16.4. The van der Waals surface area contributed by atoms with Crippen LogP contribution in [-0.4, -0.2) is 10.5 Å². The van der Waals surface area contributed by atoms with Gasteiger partial charge in [-0.3, -0.25) is 4.21 Å². The van der Waals surface area contributed by atoms with Crippen LogP contribution in [0.25, 0.3) is 10.2 Å². The summed E-state index contributed by atoms with van der Waals surface area (Å²) in [6.45, 7) is 0.848. The van der Waals surface area contributed by atoms with Crippen LogP contribution < -0.4 is 4.57 Å².